The topological polar surface area (TPSA) is 71.2 Å². The molecule has 1 N–H and O–H groups in total. The van der Waals surface area contributed by atoms with Crippen LogP contribution in [-0.2, 0) is 0 Å². The van der Waals surface area contributed by atoms with Gasteiger partial charge >= 0.3 is 6.09 Å². The molecule has 2 unspecified atom stereocenters. The summed E-state index contributed by atoms with van der Waals surface area (Å²) in [7, 11) is 0. The van der Waals surface area contributed by atoms with E-state index in [4.69, 9.17) is 16.7 Å². The van der Waals surface area contributed by atoms with Gasteiger partial charge in [-0.05, 0) is 24.7 Å². The number of carboxylic acid groups (broad SMARTS) is 1. The maximum absolute atomic E-state index is 14.5. The number of pyridine rings is 1. The largest absolute Gasteiger partial charge is 0.465 e. The van der Waals surface area contributed by atoms with E-state index in [0.717, 1.165) is 23.9 Å². The number of hydrogen-bond acceptors (Lipinski definition) is 3. The van der Waals surface area contributed by atoms with Gasteiger partial charge in [-0.3, -0.25) is 4.68 Å². The Morgan fingerprint density at radius 3 is 2.65 bits per heavy atom. The third-order valence-corrected chi connectivity index (χ3v) is 5.61. The van der Waals surface area contributed by atoms with Gasteiger partial charge in [-0.1, -0.05) is 11.6 Å². The molecule has 5 rings (SSSR count). The van der Waals surface area contributed by atoms with E-state index >= 15 is 0 Å². The average molecular weight is 337 g/mol. The molecule has 1 amide bonds. The molecule has 1 aliphatic heterocycles. The molecule has 3 fully saturated rings. The van der Waals surface area contributed by atoms with Crippen molar-refractivity contribution in [2.75, 3.05) is 13.1 Å². The van der Waals surface area contributed by atoms with E-state index < -0.39 is 11.9 Å². The Hall–Kier alpha value is -1.89. The van der Waals surface area contributed by atoms with Crippen molar-refractivity contribution < 1.29 is 14.3 Å². The Bertz CT molecular complexity index is 838. The zero-order valence-electron chi connectivity index (χ0n) is 12.1. The molecule has 3 heterocycles. The normalized spacial score (nSPS) is 29.1. The van der Waals surface area contributed by atoms with E-state index in [9.17, 15) is 9.18 Å². The van der Waals surface area contributed by atoms with Crippen LogP contribution >= 0.6 is 11.6 Å². The fourth-order valence-corrected chi connectivity index (χ4v) is 4.14. The lowest BCUT2D eigenvalue weighted by Crippen LogP contribution is -2.29. The molecule has 0 bridgehead atoms. The van der Waals surface area contributed by atoms with Crippen LogP contribution in [0.4, 0.5) is 9.18 Å². The first kappa shape index (κ1) is 13.5. The van der Waals surface area contributed by atoms with Crippen LogP contribution in [0.25, 0.3) is 10.9 Å². The number of halogens is 2. The maximum atomic E-state index is 14.5. The third kappa shape index (κ3) is 1.83. The van der Waals surface area contributed by atoms with Crippen LogP contribution < -0.4 is 0 Å². The van der Waals surface area contributed by atoms with Crippen LogP contribution in [0.2, 0.25) is 5.15 Å². The smallest absolute Gasteiger partial charge is 0.407 e. The van der Waals surface area contributed by atoms with E-state index in [-0.39, 0.29) is 28.9 Å². The quantitative estimate of drug-likeness (QED) is 0.856. The van der Waals surface area contributed by atoms with Gasteiger partial charge in [-0.25, -0.2) is 14.2 Å². The molecule has 8 heteroatoms. The molecular weight excluding hydrogens is 323 g/mol. The molecule has 0 spiro atoms. The summed E-state index contributed by atoms with van der Waals surface area (Å²) in [5.41, 5.74) is 1.30. The summed E-state index contributed by atoms with van der Waals surface area (Å²) in [6.45, 7) is 1.07. The molecule has 3 aliphatic rings. The van der Waals surface area contributed by atoms with Crippen LogP contribution in [0.15, 0.2) is 6.20 Å². The number of carbonyl (C=O) groups is 1. The fourth-order valence-electron chi connectivity index (χ4n) is 4.00. The molecule has 2 aliphatic carbocycles. The SMILES string of the molecule is O=C(O)N1CC2C(c3nn(C4CC4)c4c(F)c(Cl)ncc34)[C@H]2C1. The molecule has 3 atom stereocenters. The highest BCUT2D eigenvalue weighted by atomic mass is 35.5. The molecule has 120 valence electrons. The minimum Gasteiger partial charge on any atom is -0.465 e. The lowest BCUT2D eigenvalue weighted by atomic mass is 10.1. The van der Waals surface area contributed by atoms with Crippen molar-refractivity contribution in [3.05, 3.63) is 22.9 Å². The van der Waals surface area contributed by atoms with Crippen LogP contribution in [0.3, 0.4) is 0 Å². The van der Waals surface area contributed by atoms with Crippen molar-refractivity contribution in [1.82, 2.24) is 19.7 Å². The number of hydrogen-bond donors (Lipinski definition) is 1. The summed E-state index contributed by atoms with van der Waals surface area (Å²) in [4.78, 5) is 16.4. The molecule has 0 radical (unpaired) electrons. The minimum absolute atomic E-state index is 0.126. The summed E-state index contributed by atoms with van der Waals surface area (Å²) in [5, 5.41) is 14.3. The maximum Gasteiger partial charge on any atom is 0.407 e. The van der Waals surface area contributed by atoms with Gasteiger partial charge in [0.2, 0.25) is 0 Å². The standard InChI is InChI=1S/C15H14ClFN4O2/c16-14-11(17)13-7(3-18-14)12(19-21(13)6-1-2-6)10-8-4-20(15(22)23)5-9(8)10/h3,6,8-10H,1-2,4-5H2,(H,22,23)/t8-,9?,10?/m0/s1. The lowest BCUT2D eigenvalue weighted by Gasteiger charge is -2.15. The van der Waals surface area contributed by atoms with Crippen LogP contribution in [0, 0.1) is 17.7 Å². The Kier molecular flexibility index (Phi) is 2.56. The highest BCUT2D eigenvalue weighted by Crippen LogP contribution is 2.59. The van der Waals surface area contributed by atoms with Crippen LogP contribution in [-0.4, -0.2) is 44.0 Å². The van der Waals surface area contributed by atoms with Gasteiger partial charge < -0.3 is 10.0 Å². The average Bonchev–Trinajstić information content (AvgIpc) is 3.40. The molecule has 2 aromatic heterocycles. The molecule has 23 heavy (non-hydrogen) atoms. The van der Waals surface area contributed by atoms with E-state index in [1.165, 1.54) is 4.90 Å². The van der Waals surface area contributed by atoms with E-state index in [1.54, 1.807) is 10.9 Å². The second-order valence-corrected chi connectivity index (χ2v) is 7.09. The number of rotatable bonds is 2. The number of amides is 1. The van der Waals surface area contributed by atoms with Gasteiger partial charge in [-0.2, -0.15) is 5.10 Å². The number of piperidine rings is 1. The first-order valence-electron chi connectivity index (χ1n) is 7.76. The molecular formula is C15H14ClFN4O2. The summed E-state index contributed by atoms with van der Waals surface area (Å²) in [5.74, 6) is 0.273. The minimum atomic E-state index is -0.871. The summed E-state index contributed by atoms with van der Waals surface area (Å²) in [6, 6.07) is 0.244. The first-order chi connectivity index (χ1) is 11.1. The van der Waals surface area contributed by atoms with Crippen molar-refractivity contribution in [3.63, 3.8) is 0 Å². The zero-order valence-corrected chi connectivity index (χ0v) is 12.9. The Labute approximate surface area is 135 Å². The predicted octanol–water partition coefficient (Wildman–Crippen LogP) is 2.88. The van der Waals surface area contributed by atoms with Gasteiger partial charge in [-0.15, -0.1) is 0 Å². The van der Waals surface area contributed by atoms with Gasteiger partial charge in [0.05, 0.1) is 11.7 Å². The lowest BCUT2D eigenvalue weighted by molar-refractivity contribution is 0.150. The van der Waals surface area contributed by atoms with Gasteiger partial charge in [0.1, 0.15) is 5.52 Å². The number of fused-ring (bicyclic) bond motifs is 2. The highest BCUT2D eigenvalue weighted by Gasteiger charge is 2.59. The molecule has 2 aromatic rings. The van der Waals surface area contributed by atoms with Crippen molar-refractivity contribution in [3.8, 4) is 0 Å². The summed E-state index contributed by atoms with van der Waals surface area (Å²) in [6.07, 6.45) is 2.73. The van der Waals surface area contributed by atoms with E-state index in [1.807, 2.05) is 0 Å². The monoisotopic (exact) mass is 336 g/mol. The van der Waals surface area contributed by atoms with Crippen molar-refractivity contribution >= 4 is 28.6 Å². The zero-order chi connectivity index (χ0) is 15.9. The fraction of sp³-hybridized carbons (Fsp3) is 0.533. The first-order valence-corrected chi connectivity index (χ1v) is 8.14. The Morgan fingerprint density at radius 2 is 2.04 bits per heavy atom. The third-order valence-electron chi connectivity index (χ3n) is 5.34. The van der Waals surface area contributed by atoms with Gasteiger partial charge in [0, 0.05) is 30.6 Å². The second kappa shape index (κ2) is 4.35. The Balaban J connectivity index is 1.57. The highest BCUT2D eigenvalue weighted by molar-refractivity contribution is 6.30. The van der Waals surface area contributed by atoms with Crippen molar-refractivity contribution in [2.24, 2.45) is 11.8 Å². The van der Waals surface area contributed by atoms with E-state index in [2.05, 4.69) is 10.1 Å². The Morgan fingerprint density at radius 1 is 1.35 bits per heavy atom. The van der Waals surface area contributed by atoms with Gasteiger partial charge in [0.25, 0.3) is 0 Å². The number of nitrogens with zero attached hydrogens (tertiary/aromatic N) is 4. The summed E-state index contributed by atoms with van der Waals surface area (Å²) < 4.78 is 16.2. The number of aromatic nitrogens is 3. The molecule has 2 saturated carbocycles. The second-order valence-electron chi connectivity index (χ2n) is 6.73. The molecule has 0 aromatic carbocycles. The van der Waals surface area contributed by atoms with Crippen LogP contribution in [0.5, 0.6) is 0 Å². The predicted molar refractivity (Wildman–Crippen MR) is 80.1 cm³/mol. The van der Waals surface area contributed by atoms with Crippen molar-refractivity contribution in [2.45, 2.75) is 24.8 Å². The molecule has 6 nitrogen and oxygen atoms in total. The van der Waals surface area contributed by atoms with E-state index in [0.29, 0.717) is 18.6 Å². The molecule has 1 saturated heterocycles. The number of likely N-dealkylation sites (tertiary alicyclic amines) is 1. The van der Waals surface area contributed by atoms with Gasteiger partial charge in [0.15, 0.2) is 11.0 Å². The summed E-state index contributed by atoms with van der Waals surface area (Å²) >= 11 is 5.84. The van der Waals surface area contributed by atoms with Crippen molar-refractivity contribution in [1.29, 1.82) is 0 Å². The van der Waals surface area contributed by atoms with Crippen LogP contribution in [0.1, 0.15) is 30.5 Å².